The van der Waals surface area contributed by atoms with Gasteiger partial charge in [0.2, 0.25) is 0 Å². The maximum Gasteiger partial charge on any atom is 0.338 e. The van der Waals surface area contributed by atoms with Crippen LogP contribution in [-0.4, -0.2) is 35.8 Å². The molecule has 29 heavy (non-hydrogen) atoms. The minimum absolute atomic E-state index is 0.0452. The molecule has 148 valence electrons. The summed E-state index contributed by atoms with van der Waals surface area (Å²) in [6.45, 7) is 1.47. The molecule has 7 nitrogen and oxygen atoms in total. The van der Waals surface area contributed by atoms with Crippen molar-refractivity contribution in [3.63, 3.8) is 0 Å². The second-order valence-electron chi connectivity index (χ2n) is 7.01. The van der Waals surface area contributed by atoms with Gasteiger partial charge in [-0.25, -0.2) is 14.1 Å². The zero-order valence-corrected chi connectivity index (χ0v) is 15.5. The Morgan fingerprint density at radius 3 is 2.38 bits per heavy atom. The second-order valence-corrected chi connectivity index (χ2v) is 7.01. The lowest BCUT2D eigenvalue weighted by Crippen LogP contribution is -2.37. The average Bonchev–Trinajstić information content (AvgIpc) is 3.48. The fourth-order valence-corrected chi connectivity index (χ4v) is 3.02. The number of esters is 1. The highest BCUT2D eigenvalue weighted by Gasteiger charge is 2.37. The SMILES string of the molecule is C[C@@H](OC(=O)c1ccc2c(c1)C(=O)N(c1ccc(F)cc1)C2=O)C(=O)NC1CC1. The van der Waals surface area contributed by atoms with Crippen molar-refractivity contribution in [2.45, 2.75) is 31.9 Å². The number of hydrogen-bond donors (Lipinski definition) is 1. The fraction of sp³-hybridized carbons (Fsp3) is 0.238. The summed E-state index contributed by atoms with van der Waals surface area (Å²) in [6.07, 6.45) is 0.847. The molecule has 4 rings (SSSR count). The van der Waals surface area contributed by atoms with E-state index in [1.165, 1.54) is 37.3 Å². The normalized spacial score (nSPS) is 16.4. The van der Waals surface area contributed by atoms with Gasteiger partial charge in [-0.05, 0) is 62.2 Å². The molecule has 1 atom stereocenters. The predicted molar refractivity (Wildman–Crippen MR) is 100 cm³/mol. The molecule has 0 saturated heterocycles. The molecule has 0 spiro atoms. The van der Waals surface area contributed by atoms with Crippen LogP contribution in [0, 0.1) is 5.82 Å². The van der Waals surface area contributed by atoms with Crippen LogP contribution in [0.1, 0.15) is 50.8 Å². The van der Waals surface area contributed by atoms with Gasteiger partial charge in [0.15, 0.2) is 6.10 Å². The van der Waals surface area contributed by atoms with Crippen molar-refractivity contribution in [2.75, 3.05) is 4.90 Å². The number of anilines is 1. The quantitative estimate of drug-likeness (QED) is 0.619. The van der Waals surface area contributed by atoms with Gasteiger partial charge in [-0.1, -0.05) is 0 Å². The molecule has 2 aliphatic rings. The van der Waals surface area contributed by atoms with Crippen LogP contribution in [0.25, 0.3) is 0 Å². The molecule has 1 N–H and O–H groups in total. The molecule has 1 heterocycles. The Morgan fingerprint density at radius 1 is 1.07 bits per heavy atom. The number of rotatable bonds is 5. The van der Waals surface area contributed by atoms with E-state index in [4.69, 9.17) is 4.74 Å². The standard InChI is InChI=1S/C21H17FN2O5/c1-11(18(25)23-14-5-6-14)29-21(28)12-2-9-16-17(10-12)20(27)24(19(16)26)15-7-3-13(22)4-8-15/h2-4,7-11,14H,5-6H2,1H3,(H,23,25)/t11-/m1/s1. The third kappa shape index (κ3) is 3.61. The minimum atomic E-state index is -0.982. The number of imide groups is 1. The Hall–Kier alpha value is -3.55. The zero-order valence-electron chi connectivity index (χ0n) is 15.5. The molecule has 0 unspecified atom stereocenters. The summed E-state index contributed by atoms with van der Waals surface area (Å²) >= 11 is 0. The summed E-state index contributed by atoms with van der Waals surface area (Å²) in [4.78, 5) is 50.6. The van der Waals surface area contributed by atoms with E-state index in [0.717, 1.165) is 29.9 Å². The lowest BCUT2D eigenvalue weighted by Gasteiger charge is -2.13. The topological polar surface area (TPSA) is 92.8 Å². The highest BCUT2D eigenvalue weighted by Crippen LogP contribution is 2.29. The molecule has 2 aromatic rings. The van der Waals surface area contributed by atoms with Gasteiger partial charge in [0.1, 0.15) is 5.82 Å². The summed E-state index contributed by atoms with van der Waals surface area (Å²) in [6, 6.07) is 9.10. The van der Waals surface area contributed by atoms with Gasteiger partial charge in [0.05, 0.1) is 22.4 Å². The van der Waals surface area contributed by atoms with Gasteiger partial charge in [0, 0.05) is 6.04 Å². The summed E-state index contributed by atoms with van der Waals surface area (Å²) < 4.78 is 18.3. The summed E-state index contributed by atoms with van der Waals surface area (Å²) in [5, 5.41) is 2.74. The van der Waals surface area contributed by atoms with Crippen molar-refractivity contribution in [1.29, 1.82) is 0 Å². The first-order valence-corrected chi connectivity index (χ1v) is 9.15. The van der Waals surface area contributed by atoms with Crippen molar-refractivity contribution in [3.05, 3.63) is 65.0 Å². The average molecular weight is 396 g/mol. The van der Waals surface area contributed by atoms with Crippen LogP contribution in [0.3, 0.4) is 0 Å². The number of benzene rings is 2. The van der Waals surface area contributed by atoms with E-state index in [1.54, 1.807) is 0 Å². The van der Waals surface area contributed by atoms with Gasteiger partial charge in [0.25, 0.3) is 17.7 Å². The van der Waals surface area contributed by atoms with Crippen LogP contribution in [0.4, 0.5) is 10.1 Å². The Labute approximate surface area is 165 Å². The molecule has 3 amide bonds. The number of hydrogen-bond acceptors (Lipinski definition) is 5. The number of fused-ring (bicyclic) bond motifs is 1. The van der Waals surface area contributed by atoms with E-state index < -0.39 is 29.7 Å². The second kappa shape index (κ2) is 7.12. The van der Waals surface area contributed by atoms with Gasteiger partial charge >= 0.3 is 5.97 Å². The van der Waals surface area contributed by atoms with Crippen molar-refractivity contribution in [3.8, 4) is 0 Å². The van der Waals surface area contributed by atoms with E-state index in [-0.39, 0.29) is 34.3 Å². The molecule has 2 aromatic carbocycles. The number of amides is 3. The van der Waals surface area contributed by atoms with Crippen LogP contribution in [0.5, 0.6) is 0 Å². The molecule has 1 saturated carbocycles. The largest absolute Gasteiger partial charge is 0.449 e. The monoisotopic (exact) mass is 396 g/mol. The Kier molecular flexibility index (Phi) is 4.62. The molecule has 8 heteroatoms. The minimum Gasteiger partial charge on any atom is -0.449 e. The molecule has 1 aliphatic heterocycles. The van der Waals surface area contributed by atoms with E-state index >= 15 is 0 Å². The molecular formula is C21H17FN2O5. The van der Waals surface area contributed by atoms with Crippen molar-refractivity contribution in [2.24, 2.45) is 0 Å². The van der Waals surface area contributed by atoms with Crippen LogP contribution in [-0.2, 0) is 9.53 Å². The Morgan fingerprint density at radius 2 is 1.72 bits per heavy atom. The van der Waals surface area contributed by atoms with Crippen molar-refractivity contribution >= 4 is 29.4 Å². The summed E-state index contributed by atoms with van der Waals surface area (Å²) in [5.41, 5.74) is 0.461. The Balaban J connectivity index is 1.53. The summed E-state index contributed by atoms with van der Waals surface area (Å²) in [5.74, 6) is -2.82. The van der Waals surface area contributed by atoms with Gasteiger partial charge in [-0.3, -0.25) is 14.4 Å². The third-order valence-electron chi connectivity index (χ3n) is 4.78. The van der Waals surface area contributed by atoms with Crippen molar-refractivity contribution in [1.82, 2.24) is 5.32 Å². The molecule has 0 aromatic heterocycles. The maximum absolute atomic E-state index is 13.1. The van der Waals surface area contributed by atoms with Crippen LogP contribution < -0.4 is 10.2 Å². The lowest BCUT2D eigenvalue weighted by molar-refractivity contribution is -0.129. The Bertz CT molecular complexity index is 1030. The zero-order chi connectivity index (χ0) is 20.7. The first-order chi connectivity index (χ1) is 13.8. The molecule has 0 radical (unpaired) electrons. The number of ether oxygens (including phenoxy) is 1. The van der Waals surface area contributed by atoms with Crippen LogP contribution in [0.15, 0.2) is 42.5 Å². The third-order valence-corrected chi connectivity index (χ3v) is 4.78. The van der Waals surface area contributed by atoms with Crippen LogP contribution in [0.2, 0.25) is 0 Å². The number of nitrogens with one attached hydrogen (secondary N) is 1. The number of carbonyl (C=O) groups excluding carboxylic acids is 4. The maximum atomic E-state index is 13.1. The first kappa shape index (κ1) is 18.8. The number of halogens is 1. The molecule has 1 aliphatic carbocycles. The predicted octanol–water partition coefficient (Wildman–Crippen LogP) is 2.45. The van der Waals surface area contributed by atoms with Crippen LogP contribution >= 0.6 is 0 Å². The summed E-state index contributed by atoms with van der Waals surface area (Å²) in [7, 11) is 0. The van der Waals surface area contributed by atoms with E-state index in [0.29, 0.717) is 0 Å². The smallest absolute Gasteiger partial charge is 0.338 e. The van der Waals surface area contributed by atoms with Gasteiger partial charge in [-0.15, -0.1) is 0 Å². The van der Waals surface area contributed by atoms with Crippen molar-refractivity contribution < 1.29 is 28.3 Å². The highest BCUT2D eigenvalue weighted by molar-refractivity contribution is 6.34. The molecular weight excluding hydrogens is 379 g/mol. The molecule has 1 fully saturated rings. The van der Waals surface area contributed by atoms with E-state index in [9.17, 15) is 23.6 Å². The molecule has 0 bridgehead atoms. The van der Waals surface area contributed by atoms with E-state index in [1.807, 2.05) is 0 Å². The first-order valence-electron chi connectivity index (χ1n) is 9.15. The highest BCUT2D eigenvalue weighted by atomic mass is 19.1. The lowest BCUT2D eigenvalue weighted by atomic mass is 10.1. The number of carbonyl (C=O) groups is 4. The van der Waals surface area contributed by atoms with Gasteiger partial charge in [-0.2, -0.15) is 0 Å². The number of nitrogens with zero attached hydrogens (tertiary/aromatic N) is 1. The van der Waals surface area contributed by atoms with Gasteiger partial charge < -0.3 is 10.1 Å². The van der Waals surface area contributed by atoms with E-state index in [2.05, 4.69) is 5.32 Å². The fourth-order valence-electron chi connectivity index (χ4n) is 3.02.